The van der Waals surface area contributed by atoms with E-state index in [9.17, 15) is 4.79 Å². The molecule has 1 aromatic rings. The maximum Gasteiger partial charge on any atom is 0.409 e. The first-order valence-electron chi connectivity index (χ1n) is 9.73. The van der Waals surface area contributed by atoms with Crippen LogP contribution in [0.25, 0.3) is 0 Å². The molecular formula is C20H31N3O4. The number of likely N-dealkylation sites (tertiary alicyclic amines) is 1. The van der Waals surface area contributed by atoms with Crippen molar-refractivity contribution in [2.45, 2.75) is 43.9 Å². The molecule has 7 nitrogen and oxygen atoms in total. The Balaban J connectivity index is 1.52. The quantitative estimate of drug-likeness (QED) is 0.848. The van der Waals surface area contributed by atoms with Crippen LogP contribution >= 0.6 is 0 Å². The molecule has 2 N–H and O–H groups in total. The summed E-state index contributed by atoms with van der Waals surface area (Å²) in [6.45, 7) is 2.99. The number of rotatable bonds is 5. The second-order valence-electron chi connectivity index (χ2n) is 7.23. The van der Waals surface area contributed by atoms with Gasteiger partial charge in [0.15, 0.2) is 0 Å². The van der Waals surface area contributed by atoms with Crippen LogP contribution in [-0.4, -0.2) is 69.6 Å². The number of carbonyl (C=O) groups is 1. The van der Waals surface area contributed by atoms with Gasteiger partial charge in [0.2, 0.25) is 0 Å². The van der Waals surface area contributed by atoms with Crippen molar-refractivity contribution >= 4 is 11.8 Å². The summed E-state index contributed by atoms with van der Waals surface area (Å²) in [5.74, 6) is 0.902. The number of nitrogens with zero attached hydrogens (tertiary/aromatic N) is 2. The monoisotopic (exact) mass is 377 g/mol. The Morgan fingerprint density at radius 2 is 1.89 bits per heavy atom. The summed E-state index contributed by atoms with van der Waals surface area (Å²) in [5.41, 5.74) is 7.39. The molecule has 0 bridgehead atoms. The van der Waals surface area contributed by atoms with Crippen molar-refractivity contribution in [1.82, 2.24) is 4.90 Å². The maximum atomic E-state index is 12.0. The fraction of sp³-hybridized carbons (Fsp3) is 0.650. The fourth-order valence-corrected chi connectivity index (χ4v) is 4.03. The van der Waals surface area contributed by atoms with E-state index in [0.717, 1.165) is 50.2 Å². The van der Waals surface area contributed by atoms with Gasteiger partial charge < -0.3 is 29.7 Å². The Morgan fingerprint density at radius 3 is 2.59 bits per heavy atom. The number of carbonyl (C=O) groups excluding carboxylic acids is 1. The first-order chi connectivity index (χ1) is 13.1. The third-order valence-electron chi connectivity index (χ3n) is 5.61. The third-order valence-corrected chi connectivity index (χ3v) is 5.61. The zero-order chi connectivity index (χ0) is 19.2. The Labute approximate surface area is 161 Å². The van der Waals surface area contributed by atoms with Gasteiger partial charge in [-0.25, -0.2) is 4.79 Å². The van der Waals surface area contributed by atoms with Crippen LogP contribution in [0.3, 0.4) is 0 Å². The molecule has 2 heterocycles. The van der Waals surface area contributed by atoms with Gasteiger partial charge in [-0.2, -0.15) is 0 Å². The van der Waals surface area contributed by atoms with E-state index in [4.69, 9.17) is 19.9 Å². The van der Waals surface area contributed by atoms with Crippen molar-refractivity contribution in [3.63, 3.8) is 0 Å². The van der Waals surface area contributed by atoms with Crippen LogP contribution in [0.1, 0.15) is 25.7 Å². The number of nitrogens with two attached hydrogens (primary N) is 1. The summed E-state index contributed by atoms with van der Waals surface area (Å²) in [4.78, 5) is 16.1. The van der Waals surface area contributed by atoms with Crippen molar-refractivity contribution in [2.75, 3.05) is 45.4 Å². The van der Waals surface area contributed by atoms with Crippen LogP contribution in [0.2, 0.25) is 0 Å². The van der Waals surface area contributed by atoms with Crippen LogP contribution in [0.4, 0.5) is 10.5 Å². The van der Waals surface area contributed by atoms with Gasteiger partial charge in [-0.05, 0) is 37.8 Å². The van der Waals surface area contributed by atoms with E-state index in [-0.39, 0.29) is 24.3 Å². The largest absolute Gasteiger partial charge is 0.495 e. The molecule has 0 saturated carbocycles. The highest BCUT2D eigenvalue weighted by atomic mass is 16.5. The van der Waals surface area contributed by atoms with E-state index < -0.39 is 0 Å². The molecule has 1 amide bonds. The van der Waals surface area contributed by atoms with E-state index in [1.165, 1.54) is 7.11 Å². The Morgan fingerprint density at radius 1 is 1.15 bits per heavy atom. The highest BCUT2D eigenvalue weighted by molar-refractivity contribution is 5.68. The SMILES string of the molecule is COC(=O)N1CCCC(N)[C@@H]1COC1CCN(c2ccccc2OC)CC1. The molecule has 2 atom stereocenters. The molecule has 1 unspecified atom stereocenters. The molecule has 0 aromatic heterocycles. The van der Waals surface area contributed by atoms with Gasteiger partial charge in [0, 0.05) is 25.7 Å². The Hall–Kier alpha value is -1.99. The molecule has 2 aliphatic rings. The highest BCUT2D eigenvalue weighted by Crippen LogP contribution is 2.30. The minimum Gasteiger partial charge on any atom is -0.495 e. The van der Waals surface area contributed by atoms with Crippen molar-refractivity contribution in [1.29, 1.82) is 0 Å². The lowest BCUT2D eigenvalue weighted by Crippen LogP contribution is -2.56. The maximum absolute atomic E-state index is 12.0. The molecule has 2 saturated heterocycles. The molecule has 150 valence electrons. The van der Waals surface area contributed by atoms with Crippen LogP contribution in [0.5, 0.6) is 5.75 Å². The normalized spacial score (nSPS) is 24.0. The first kappa shape index (κ1) is 19.8. The summed E-state index contributed by atoms with van der Waals surface area (Å²) < 4.78 is 16.5. The van der Waals surface area contributed by atoms with Gasteiger partial charge in [-0.15, -0.1) is 0 Å². The zero-order valence-electron chi connectivity index (χ0n) is 16.3. The Bertz CT molecular complexity index is 619. The number of amides is 1. The minimum absolute atomic E-state index is 0.0634. The van der Waals surface area contributed by atoms with E-state index >= 15 is 0 Å². The number of benzene rings is 1. The number of hydrogen-bond donors (Lipinski definition) is 1. The molecule has 27 heavy (non-hydrogen) atoms. The fourth-order valence-electron chi connectivity index (χ4n) is 4.03. The van der Waals surface area contributed by atoms with Gasteiger partial charge in [0.1, 0.15) is 5.75 Å². The average Bonchev–Trinajstić information content (AvgIpc) is 2.72. The topological polar surface area (TPSA) is 77.3 Å². The van der Waals surface area contributed by atoms with Crippen LogP contribution < -0.4 is 15.4 Å². The summed E-state index contributed by atoms with van der Waals surface area (Å²) >= 11 is 0. The van der Waals surface area contributed by atoms with E-state index in [1.807, 2.05) is 18.2 Å². The lowest BCUT2D eigenvalue weighted by atomic mass is 9.98. The van der Waals surface area contributed by atoms with Crippen molar-refractivity contribution < 1.29 is 19.0 Å². The molecule has 2 fully saturated rings. The predicted octanol–water partition coefficient (Wildman–Crippen LogP) is 2.24. The minimum atomic E-state index is -0.315. The second kappa shape index (κ2) is 9.28. The molecule has 0 radical (unpaired) electrons. The summed E-state index contributed by atoms with van der Waals surface area (Å²) in [7, 11) is 3.11. The number of para-hydroxylation sites is 2. The number of piperidine rings is 2. The van der Waals surface area contributed by atoms with Crippen LogP contribution in [0, 0.1) is 0 Å². The third kappa shape index (κ3) is 4.65. The zero-order valence-corrected chi connectivity index (χ0v) is 16.3. The predicted molar refractivity (Wildman–Crippen MR) is 104 cm³/mol. The molecule has 0 spiro atoms. The van der Waals surface area contributed by atoms with Crippen molar-refractivity contribution in [2.24, 2.45) is 5.73 Å². The van der Waals surface area contributed by atoms with Gasteiger partial charge in [-0.1, -0.05) is 12.1 Å². The van der Waals surface area contributed by atoms with Crippen molar-refractivity contribution in [3.8, 4) is 5.75 Å². The molecular weight excluding hydrogens is 346 g/mol. The first-order valence-corrected chi connectivity index (χ1v) is 9.73. The highest BCUT2D eigenvalue weighted by Gasteiger charge is 2.34. The Kier molecular flexibility index (Phi) is 6.79. The molecule has 7 heteroatoms. The summed E-state index contributed by atoms with van der Waals surface area (Å²) in [6, 6.07) is 7.93. The van der Waals surface area contributed by atoms with Crippen LogP contribution in [-0.2, 0) is 9.47 Å². The number of methoxy groups -OCH3 is 2. The second-order valence-corrected chi connectivity index (χ2v) is 7.23. The lowest BCUT2D eigenvalue weighted by molar-refractivity contribution is -0.0163. The van der Waals surface area contributed by atoms with E-state index in [0.29, 0.717) is 13.2 Å². The number of ether oxygens (including phenoxy) is 3. The lowest BCUT2D eigenvalue weighted by Gasteiger charge is -2.40. The molecule has 1 aromatic carbocycles. The van der Waals surface area contributed by atoms with Gasteiger partial charge in [0.25, 0.3) is 0 Å². The smallest absolute Gasteiger partial charge is 0.409 e. The average molecular weight is 377 g/mol. The molecule has 3 rings (SSSR count). The number of anilines is 1. The van der Waals surface area contributed by atoms with E-state index in [2.05, 4.69) is 11.0 Å². The van der Waals surface area contributed by atoms with Gasteiger partial charge in [0.05, 0.1) is 38.7 Å². The summed E-state index contributed by atoms with van der Waals surface area (Å²) in [6.07, 6.45) is 3.57. The van der Waals surface area contributed by atoms with Gasteiger partial charge in [-0.3, -0.25) is 0 Å². The molecule has 2 aliphatic heterocycles. The van der Waals surface area contributed by atoms with Gasteiger partial charge >= 0.3 is 6.09 Å². The standard InChI is InChI=1S/C20H31N3O4/c1-25-19-8-4-3-7-17(19)22-12-9-15(10-13-22)27-14-18-16(21)6-5-11-23(18)20(24)26-2/h3-4,7-8,15-16,18H,5-6,9-14,21H2,1-2H3/t16?,18-/m0/s1. The molecule has 0 aliphatic carbocycles. The summed E-state index contributed by atoms with van der Waals surface area (Å²) in [5, 5.41) is 0. The number of hydrogen-bond acceptors (Lipinski definition) is 6. The van der Waals surface area contributed by atoms with Crippen LogP contribution in [0.15, 0.2) is 24.3 Å². The van der Waals surface area contributed by atoms with E-state index in [1.54, 1.807) is 12.0 Å². The van der Waals surface area contributed by atoms with Crippen molar-refractivity contribution in [3.05, 3.63) is 24.3 Å².